The van der Waals surface area contributed by atoms with Gasteiger partial charge in [-0.05, 0) is 19.4 Å². The van der Waals surface area contributed by atoms with E-state index < -0.39 is 24.9 Å². The van der Waals surface area contributed by atoms with E-state index in [4.69, 9.17) is 0 Å². The quantitative estimate of drug-likeness (QED) is 0.756. The van der Waals surface area contributed by atoms with Crippen molar-refractivity contribution in [2.24, 2.45) is 0 Å². The van der Waals surface area contributed by atoms with Crippen LogP contribution >= 0.6 is 0 Å². The summed E-state index contributed by atoms with van der Waals surface area (Å²) >= 11 is 0. The highest BCUT2D eigenvalue weighted by Gasteiger charge is 2.28. The van der Waals surface area contributed by atoms with Crippen LogP contribution in [0.1, 0.15) is 25.7 Å². The average molecular weight is 224 g/mol. The molecule has 1 atom stereocenters. The molecule has 0 aromatic rings. The maximum Gasteiger partial charge on any atom is 0.389 e. The molecule has 0 radical (unpaired) electrons. The number of carbonyl (C=O) groups is 1. The van der Waals surface area contributed by atoms with Gasteiger partial charge in [-0.25, -0.2) is 0 Å². The third-order valence-electron chi connectivity index (χ3n) is 2.30. The van der Waals surface area contributed by atoms with Crippen LogP contribution in [0.25, 0.3) is 0 Å². The van der Waals surface area contributed by atoms with Gasteiger partial charge in [-0.15, -0.1) is 0 Å². The third-order valence-corrected chi connectivity index (χ3v) is 2.30. The molecule has 1 rings (SSSR count). The van der Waals surface area contributed by atoms with Crippen LogP contribution in [0.4, 0.5) is 13.2 Å². The van der Waals surface area contributed by atoms with Crippen molar-refractivity contribution in [1.82, 2.24) is 10.6 Å². The standard InChI is InChI=1S/C9H15F3N2O/c10-9(11,12)4-3-8(15)14-7-2-1-5-13-6-7/h7,13H,1-6H2,(H,14,15). The van der Waals surface area contributed by atoms with Gasteiger partial charge in [0.15, 0.2) is 0 Å². The van der Waals surface area contributed by atoms with Crippen LogP contribution in [0, 0.1) is 0 Å². The molecule has 0 bridgehead atoms. The van der Waals surface area contributed by atoms with Crippen molar-refractivity contribution in [3.8, 4) is 0 Å². The minimum Gasteiger partial charge on any atom is -0.352 e. The molecular weight excluding hydrogens is 209 g/mol. The summed E-state index contributed by atoms with van der Waals surface area (Å²) in [6.45, 7) is 1.56. The van der Waals surface area contributed by atoms with E-state index in [9.17, 15) is 18.0 Å². The van der Waals surface area contributed by atoms with Gasteiger partial charge in [0.1, 0.15) is 0 Å². The molecule has 1 saturated heterocycles. The maximum atomic E-state index is 11.8. The van der Waals surface area contributed by atoms with E-state index in [-0.39, 0.29) is 6.04 Å². The molecular formula is C9H15F3N2O. The number of alkyl halides is 3. The number of nitrogens with one attached hydrogen (secondary N) is 2. The molecule has 0 saturated carbocycles. The summed E-state index contributed by atoms with van der Waals surface area (Å²) in [5, 5.41) is 5.67. The third kappa shape index (κ3) is 5.61. The highest BCUT2D eigenvalue weighted by molar-refractivity contribution is 5.76. The molecule has 88 valence electrons. The number of halogens is 3. The number of hydrogen-bond donors (Lipinski definition) is 2. The molecule has 0 aromatic heterocycles. The summed E-state index contributed by atoms with van der Waals surface area (Å²) in [5.74, 6) is -0.513. The number of hydrogen-bond acceptors (Lipinski definition) is 2. The second-order valence-electron chi connectivity index (χ2n) is 3.73. The number of carbonyl (C=O) groups excluding carboxylic acids is 1. The van der Waals surface area contributed by atoms with E-state index in [1.807, 2.05) is 0 Å². The largest absolute Gasteiger partial charge is 0.389 e. The van der Waals surface area contributed by atoms with Crippen LogP contribution in [0.15, 0.2) is 0 Å². The molecule has 1 amide bonds. The average Bonchev–Trinajstić information content (AvgIpc) is 2.15. The van der Waals surface area contributed by atoms with Crippen molar-refractivity contribution in [2.75, 3.05) is 13.1 Å². The van der Waals surface area contributed by atoms with Crippen molar-refractivity contribution >= 4 is 5.91 Å². The Morgan fingerprint density at radius 3 is 2.73 bits per heavy atom. The number of amides is 1. The molecule has 1 unspecified atom stereocenters. The molecule has 6 heteroatoms. The zero-order valence-electron chi connectivity index (χ0n) is 8.36. The van der Waals surface area contributed by atoms with Gasteiger partial charge >= 0.3 is 6.18 Å². The van der Waals surface area contributed by atoms with E-state index in [0.29, 0.717) is 6.54 Å². The first-order valence-corrected chi connectivity index (χ1v) is 5.04. The zero-order chi connectivity index (χ0) is 11.3. The fraction of sp³-hybridized carbons (Fsp3) is 0.889. The van der Waals surface area contributed by atoms with Crippen molar-refractivity contribution in [2.45, 2.75) is 37.9 Å². The Morgan fingerprint density at radius 1 is 1.47 bits per heavy atom. The topological polar surface area (TPSA) is 41.1 Å². The van der Waals surface area contributed by atoms with Crippen LogP contribution in [0.2, 0.25) is 0 Å². The van der Waals surface area contributed by atoms with Gasteiger partial charge in [0, 0.05) is 19.0 Å². The molecule has 1 aliphatic rings. The first-order valence-electron chi connectivity index (χ1n) is 5.04. The summed E-state index contributed by atoms with van der Waals surface area (Å²) in [5.41, 5.74) is 0. The Hall–Kier alpha value is -0.780. The lowest BCUT2D eigenvalue weighted by atomic mass is 10.1. The molecule has 1 aliphatic heterocycles. The number of piperidine rings is 1. The highest BCUT2D eigenvalue weighted by atomic mass is 19.4. The Balaban J connectivity index is 2.17. The molecule has 3 nitrogen and oxygen atoms in total. The van der Waals surface area contributed by atoms with Crippen LogP contribution in [0.5, 0.6) is 0 Å². The summed E-state index contributed by atoms with van der Waals surface area (Å²) in [7, 11) is 0. The molecule has 0 aromatic carbocycles. The van der Waals surface area contributed by atoms with Gasteiger partial charge in [0.2, 0.25) is 5.91 Å². The van der Waals surface area contributed by atoms with Crippen LogP contribution in [0.3, 0.4) is 0 Å². The molecule has 1 fully saturated rings. The predicted octanol–water partition coefficient (Wildman–Crippen LogP) is 1.20. The van der Waals surface area contributed by atoms with Gasteiger partial charge in [0.25, 0.3) is 0 Å². The fourth-order valence-corrected chi connectivity index (χ4v) is 1.53. The lowest BCUT2D eigenvalue weighted by Gasteiger charge is -2.23. The second-order valence-corrected chi connectivity index (χ2v) is 3.73. The fourth-order valence-electron chi connectivity index (χ4n) is 1.53. The van der Waals surface area contributed by atoms with E-state index in [1.165, 1.54) is 0 Å². The summed E-state index contributed by atoms with van der Waals surface area (Å²) in [6.07, 6.45) is -3.98. The van der Waals surface area contributed by atoms with E-state index >= 15 is 0 Å². The number of rotatable bonds is 3. The van der Waals surface area contributed by atoms with Crippen LogP contribution in [-0.2, 0) is 4.79 Å². The van der Waals surface area contributed by atoms with E-state index in [1.54, 1.807) is 0 Å². The molecule has 15 heavy (non-hydrogen) atoms. The van der Waals surface area contributed by atoms with E-state index in [0.717, 1.165) is 19.4 Å². The zero-order valence-corrected chi connectivity index (χ0v) is 8.36. The minimum atomic E-state index is -4.25. The van der Waals surface area contributed by atoms with Crippen molar-refractivity contribution in [1.29, 1.82) is 0 Å². The van der Waals surface area contributed by atoms with Gasteiger partial charge < -0.3 is 10.6 Å². The first kappa shape index (κ1) is 12.3. The molecule has 2 N–H and O–H groups in total. The Labute approximate surface area is 86.4 Å². The lowest BCUT2D eigenvalue weighted by molar-refractivity contribution is -0.144. The lowest BCUT2D eigenvalue weighted by Crippen LogP contribution is -2.45. The Morgan fingerprint density at radius 2 is 2.20 bits per heavy atom. The molecule has 0 aliphatic carbocycles. The maximum absolute atomic E-state index is 11.8. The summed E-state index contributed by atoms with van der Waals surface area (Å²) in [6, 6.07) is -0.0144. The Kier molecular flexibility index (Phi) is 4.38. The van der Waals surface area contributed by atoms with Crippen molar-refractivity contribution < 1.29 is 18.0 Å². The van der Waals surface area contributed by atoms with Gasteiger partial charge in [-0.3, -0.25) is 4.79 Å². The minimum absolute atomic E-state index is 0.0144. The second kappa shape index (κ2) is 5.34. The molecule has 1 heterocycles. The van der Waals surface area contributed by atoms with Gasteiger partial charge in [-0.2, -0.15) is 13.2 Å². The van der Waals surface area contributed by atoms with Gasteiger partial charge in [0.05, 0.1) is 6.42 Å². The summed E-state index contributed by atoms with van der Waals surface area (Å²) < 4.78 is 35.4. The monoisotopic (exact) mass is 224 g/mol. The van der Waals surface area contributed by atoms with E-state index in [2.05, 4.69) is 10.6 Å². The van der Waals surface area contributed by atoms with Crippen LogP contribution in [-0.4, -0.2) is 31.2 Å². The smallest absolute Gasteiger partial charge is 0.352 e. The van der Waals surface area contributed by atoms with Crippen molar-refractivity contribution in [3.05, 3.63) is 0 Å². The summed E-state index contributed by atoms with van der Waals surface area (Å²) in [4.78, 5) is 11.1. The van der Waals surface area contributed by atoms with Crippen molar-refractivity contribution in [3.63, 3.8) is 0 Å². The first-order chi connectivity index (χ1) is 6.97. The van der Waals surface area contributed by atoms with Gasteiger partial charge in [-0.1, -0.05) is 0 Å². The predicted molar refractivity (Wildman–Crippen MR) is 49.3 cm³/mol. The molecule has 0 spiro atoms. The SMILES string of the molecule is O=C(CCC(F)(F)F)NC1CCCNC1. The highest BCUT2D eigenvalue weighted by Crippen LogP contribution is 2.21. The Bertz CT molecular complexity index is 212. The van der Waals surface area contributed by atoms with Crippen LogP contribution < -0.4 is 10.6 Å². The normalized spacial score (nSPS) is 22.5.